The van der Waals surface area contributed by atoms with Crippen molar-refractivity contribution in [3.8, 4) is 11.1 Å². The van der Waals surface area contributed by atoms with E-state index in [-0.39, 0.29) is 0 Å². The van der Waals surface area contributed by atoms with Crippen LogP contribution in [0.2, 0.25) is 0 Å². The van der Waals surface area contributed by atoms with E-state index in [1.807, 2.05) is 18.3 Å². The minimum atomic E-state index is 0.550. The molecular formula is C23H27N3O. The zero-order valence-electron chi connectivity index (χ0n) is 16.1. The number of piperidine rings is 1. The normalized spacial score (nSPS) is 16.7. The van der Waals surface area contributed by atoms with Gasteiger partial charge in [-0.1, -0.05) is 35.4 Å². The second kappa shape index (κ2) is 7.97. The van der Waals surface area contributed by atoms with Gasteiger partial charge in [-0.15, -0.1) is 0 Å². The molecule has 0 spiro atoms. The van der Waals surface area contributed by atoms with Crippen LogP contribution < -0.4 is 0 Å². The molecule has 0 amide bonds. The molecule has 3 aromatic rings. The fourth-order valence-corrected chi connectivity index (χ4v) is 4.04. The van der Waals surface area contributed by atoms with Gasteiger partial charge in [0.1, 0.15) is 5.76 Å². The summed E-state index contributed by atoms with van der Waals surface area (Å²) in [7, 11) is 0. The summed E-state index contributed by atoms with van der Waals surface area (Å²) in [5.74, 6) is 1.48. The van der Waals surface area contributed by atoms with E-state index in [9.17, 15) is 0 Å². The molecule has 1 saturated heterocycles. The maximum absolute atomic E-state index is 5.42. The van der Waals surface area contributed by atoms with Crippen LogP contribution in [-0.2, 0) is 0 Å². The highest BCUT2D eigenvalue weighted by atomic mass is 16.3. The van der Waals surface area contributed by atoms with Gasteiger partial charge in [0.2, 0.25) is 0 Å². The Morgan fingerprint density at radius 3 is 2.85 bits per heavy atom. The molecule has 1 fully saturated rings. The third-order valence-electron chi connectivity index (χ3n) is 5.40. The molecule has 1 aromatic carbocycles. The number of aryl methyl sites for hydroxylation is 1. The Kier molecular flexibility index (Phi) is 5.26. The Morgan fingerprint density at radius 1 is 1.26 bits per heavy atom. The maximum atomic E-state index is 5.42. The SMILES string of the molecule is C/C(=C\c1ccco1)CN1CCC(c2[nH]ncc2-c2cccc(C)c2)CC1. The standard InChI is InChI=1S/C23H27N3O/c1-17-5-3-6-20(13-17)22-15-24-25-23(22)19-8-10-26(11-9-19)16-18(2)14-21-7-4-12-27-21/h3-7,12-15,19H,8-11,16H2,1-2H3,(H,24,25)/b18-14+. The second-order valence-electron chi connectivity index (χ2n) is 7.62. The monoisotopic (exact) mass is 361 g/mol. The summed E-state index contributed by atoms with van der Waals surface area (Å²) in [4.78, 5) is 2.54. The Bertz CT molecular complexity index is 899. The third kappa shape index (κ3) is 4.22. The Balaban J connectivity index is 1.40. The lowest BCUT2D eigenvalue weighted by Crippen LogP contribution is -2.34. The Morgan fingerprint density at radius 2 is 2.11 bits per heavy atom. The smallest absolute Gasteiger partial charge is 0.126 e. The third-order valence-corrected chi connectivity index (χ3v) is 5.40. The Labute approximate surface area is 160 Å². The average molecular weight is 361 g/mol. The maximum Gasteiger partial charge on any atom is 0.126 e. The second-order valence-corrected chi connectivity index (χ2v) is 7.62. The zero-order valence-corrected chi connectivity index (χ0v) is 16.1. The molecule has 1 aliphatic rings. The molecule has 1 N–H and O–H groups in total. The molecule has 4 rings (SSSR count). The first-order valence-corrected chi connectivity index (χ1v) is 9.72. The molecule has 0 unspecified atom stereocenters. The number of aromatic amines is 1. The van der Waals surface area contributed by atoms with E-state index >= 15 is 0 Å². The molecule has 4 heteroatoms. The van der Waals surface area contributed by atoms with Crippen molar-refractivity contribution in [1.29, 1.82) is 0 Å². The molecule has 2 aromatic heterocycles. The molecule has 0 atom stereocenters. The fourth-order valence-electron chi connectivity index (χ4n) is 4.04. The van der Waals surface area contributed by atoms with Crippen molar-refractivity contribution >= 4 is 6.08 Å². The molecule has 4 nitrogen and oxygen atoms in total. The van der Waals surface area contributed by atoms with Gasteiger partial charge < -0.3 is 4.42 Å². The molecule has 140 valence electrons. The van der Waals surface area contributed by atoms with Crippen molar-refractivity contribution in [1.82, 2.24) is 15.1 Å². The average Bonchev–Trinajstić information content (AvgIpc) is 3.34. The number of rotatable bonds is 5. The van der Waals surface area contributed by atoms with Gasteiger partial charge in [-0.05, 0) is 63.6 Å². The minimum absolute atomic E-state index is 0.550. The van der Waals surface area contributed by atoms with E-state index in [0.29, 0.717) is 5.92 Å². The number of nitrogens with zero attached hydrogens (tertiary/aromatic N) is 2. The summed E-state index contributed by atoms with van der Waals surface area (Å²) in [5, 5.41) is 7.64. The number of aromatic nitrogens is 2. The molecule has 27 heavy (non-hydrogen) atoms. The first-order valence-electron chi connectivity index (χ1n) is 9.72. The summed E-state index contributed by atoms with van der Waals surface area (Å²) < 4.78 is 5.42. The quantitative estimate of drug-likeness (QED) is 0.674. The van der Waals surface area contributed by atoms with Crippen molar-refractivity contribution in [3.63, 3.8) is 0 Å². The molecular weight excluding hydrogens is 334 g/mol. The number of hydrogen-bond acceptors (Lipinski definition) is 3. The summed E-state index contributed by atoms with van der Waals surface area (Å²) >= 11 is 0. The van der Waals surface area contributed by atoms with Crippen LogP contribution in [-0.4, -0.2) is 34.7 Å². The molecule has 0 radical (unpaired) electrons. The highest BCUT2D eigenvalue weighted by Crippen LogP contribution is 2.34. The topological polar surface area (TPSA) is 45.1 Å². The van der Waals surface area contributed by atoms with Crippen molar-refractivity contribution < 1.29 is 4.42 Å². The summed E-state index contributed by atoms with van der Waals surface area (Å²) in [6.07, 6.45) is 8.16. The van der Waals surface area contributed by atoms with Gasteiger partial charge >= 0.3 is 0 Å². The van der Waals surface area contributed by atoms with Crippen LogP contribution in [0.3, 0.4) is 0 Å². The van der Waals surface area contributed by atoms with Crippen molar-refractivity contribution in [2.45, 2.75) is 32.6 Å². The Hall–Kier alpha value is -2.59. The lowest BCUT2D eigenvalue weighted by atomic mass is 9.89. The highest BCUT2D eigenvalue weighted by molar-refractivity contribution is 5.66. The van der Waals surface area contributed by atoms with E-state index in [4.69, 9.17) is 4.42 Å². The van der Waals surface area contributed by atoms with E-state index in [1.54, 1.807) is 6.26 Å². The predicted molar refractivity (Wildman–Crippen MR) is 110 cm³/mol. The molecule has 3 heterocycles. The van der Waals surface area contributed by atoms with E-state index in [0.717, 1.165) is 38.2 Å². The first-order chi connectivity index (χ1) is 13.2. The van der Waals surface area contributed by atoms with Crippen molar-refractivity contribution in [2.75, 3.05) is 19.6 Å². The minimum Gasteiger partial charge on any atom is -0.465 e. The summed E-state index contributed by atoms with van der Waals surface area (Å²) in [5.41, 5.74) is 6.44. The van der Waals surface area contributed by atoms with Gasteiger partial charge in [0.25, 0.3) is 0 Å². The van der Waals surface area contributed by atoms with E-state index in [2.05, 4.69) is 59.3 Å². The largest absolute Gasteiger partial charge is 0.465 e. The lowest BCUT2D eigenvalue weighted by molar-refractivity contribution is 0.227. The first kappa shape index (κ1) is 17.8. The van der Waals surface area contributed by atoms with Crippen molar-refractivity contribution in [3.05, 3.63) is 71.4 Å². The number of furan rings is 1. The molecule has 0 bridgehead atoms. The predicted octanol–water partition coefficient (Wildman–Crippen LogP) is 5.26. The number of nitrogens with one attached hydrogen (secondary N) is 1. The van der Waals surface area contributed by atoms with Crippen LogP contribution in [0.15, 0.2) is 58.8 Å². The summed E-state index contributed by atoms with van der Waals surface area (Å²) in [6, 6.07) is 12.6. The van der Waals surface area contributed by atoms with Gasteiger partial charge in [-0.3, -0.25) is 10.00 Å². The van der Waals surface area contributed by atoms with Crippen LogP contribution in [0, 0.1) is 6.92 Å². The zero-order chi connectivity index (χ0) is 18.6. The molecule has 0 aliphatic carbocycles. The number of hydrogen-bond donors (Lipinski definition) is 1. The van der Waals surface area contributed by atoms with Crippen LogP contribution >= 0.6 is 0 Å². The highest BCUT2D eigenvalue weighted by Gasteiger charge is 2.24. The van der Waals surface area contributed by atoms with Gasteiger partial charge in [0, 0.05) is 23.7 Å². The number of benzene rings is 1. The van der Waals surface area contributed by atoms with Crippen molar-refractivity contribution in [2.24, 2.45) is 0 Å². The number of H-pyrrole nitrogens is 1. The van der Waals surface area contributed by atoms with Crippen LogP contribution in [0.5, 0.6) is 0 Å². The van der Waals surface area contributed by atoms with Crippen LogP contribution in [0.4, 0.5) is 0 Å². The van der Waals surface area contributed by atoms with Gasteiger partial charge in [0.15, 0.2) is 0 Å². The van der Waals surface area contributed by atoms with Gasteiger partial charge in [-0.2, -0.15) is 5.10 Å². The van der Waals surface area contributed by atoms with Crippen LogP contribution in [0.25, 0.3) is 17.2 Å². The van der Waals surface area contributed by atoms with E-state index < -0.39 is 0 Å². The molecule has 0 saturated carbocycles. The fraction of sp³-hybridized carbons (Fsp3) is 0.348. The summed E-state index contributed by atoms with van der Waals surface area (Å²) in [6.45, 7) is 7.54. The molecule has 1 aliphatic heterocycles. The van der Waals surface area contributed by atoms with E-state index in [1.165, 1.54) is 28.0 Å². The lowest BCUT2D eigenvalue weighted by Gasteiger charge is -2.32. The number of likely N-dealkylation sites (tertiary alicyclic amines) is 1. The van der Waals surface area contributed by atoms with Gasteiger partial charge in [0.05, 0.1) is 12.5 Å². The van der Waals surface area contributed by atoms with Gasteiger partial charge in [-0.25, -0.2) is 0 Å². The van der Waals surface area contributed by atoms with Crippen LogP contribution in [0.1, 0.15) is 42.7 Å².